The van der Waals surface area contributed by atoms with Gasteiger partial charge in [-0.2, -0.15) is 0 Å². The first-order chi connectivity index (χ1) is 5.54. The number of amides is 1. The number of carbonyl (C=O) groups excluding carboxylic acids is 1. The van der Waals surface area contributed by atoms with Crippen LogP contribution in [0.4, 0.5) is 0 Å². The van der Waals surface area contributed by atoms with Gasteiger partial charge in [0.05, 0.1) is 12.2 Å². The predicted molar refractivity (Wildman–Crippen MR) is 43.7 cm³/mol. The third kappa shape index (κ3) is 2.19. The molecule has 1 aliphatic rings. The molecule has 0 bridgehead atoms. The van der Waals surface area contributed by atoms with Crippen molar-refractivity contribution in [2.24, 2.45) is 0 Å². The fraction of sp³-hybridized carbons (Fsp3) is 0.875. The third-order valence-corrected chi connectivity index (χ3v) is 2.03. The van der Waals surface area contributed by atoms with Crippen molar-refractivity contribution in [2.75, 3.05) is 19.7 Å². The summed E-state index contributed by atoms with van der Waals surface area (Å²) in [5.41, 5.74) is -0.873. The van der Waals surface area contributed by atoms with Gasteiger partial charge in [-0.1, -0.05) is 0 Å². The number of nitrogens with zero attached hydrogens (tertiary/aromatic N) is 1. The van der Waals surface area contributed by atoms with Crippen molar-refractivity contribution >= 4 is 6.41 Å². The molecule has 4 heteroatoms. The largest absolute Gasteiger partial charge is 0.388 e. The Labute approximate surface area is 72.1 Å². The Morgan fingerprint density at radius 3 is 2.83 bits per heavy atom. The van der Waals surface area contributed by atoms with Crippen LogP contribution in [0.25, 0.3) is 0 Å². The molecule has 1 saturated heterocycles. The quantitative estimate of drug-likeness (QED) is 0.579. The number of rotatable bonds is 2. The zero-order valence-electron chi connectivity index (χ0n) is 7.49. The van der Waals surface area contributed by atoms with E-state index >= 15 is 0 Å². The molecule has 1 heterocycles. The minimum atomic E-state index is -0.873. The highest BCUT2D eigenvalue weighted by Crippen LogP contribution is 2.16. The molecule has 1 fully saturated rings. The second-order valence-electron chi connectivity index (χ2n) is 3.61. The molecule has 1 N–H and O–H groups in total. The monoisotopic (exact) mass is 173 g/mol. The molecule has 4 nitrogen and oxygen atoms in total. The Morgan fingerprint density at radius 1 is 1.67 bits per heavy atom. The van der Waals surface area contributed by atoms with E-state index < -0.39 is 5.60 Å². The summed E-state index contributed by atoms with van der Waals surface area (Å²) in [6.45, 7) is 4.98. The van der Waals surface area contributed by atoms with Crippen molar-refractivity contribution in [3.05, 3.63) is 0 Å². The number of ether oxygens (including phenoxy) is 1. The van der Waals surface area contributed by atoms with Crippen LogP contribution in [0, 0.1) is 0 Å². The molecule has 12 heavy (non-hydrogen) atoms. The maximum Gasteiger partial charge on any atom is 0.209 e. The summed E-state index contributed by atoms with van der Waals surface area (Å²) in [5, 5.41) is 9.59. The van der Waals surface area contributed by atoms with Crippen LogP contribution in [0.1, 0.15) is 13.8 Å². The minimum Gasteiger partial charge on any atom is -0.388 e. The van der Waals surface area contributed by atoms with Crippen LogP contribution in [0.3, 0.4) is 0 Å². The number of hydrogen-bond donors (Lipinski definition) is 1. The van der Waals surface area contributed by atoms with Gasteiger partial charge in [0.1, 0.15) is 6.10 Å². The Balaban J connectivity index is 2.51. The smallest absolute Gasteiger partial charge is 0.209 e. The van der Waals surface area contributed by atoms with Crippen molar-refractivity contribution in [2.45, 2.75) is 25.6 Å². The van der Waals surface area contributed by atoms with E-state index in [4.69, 9.17) is 4.74 Å². The van der Waals surface area contributed by atoms with Gasteiger partial charge < -0.3 is 14.7 Å². The Bertz CT molecular complexity index is 164. The summed E-state index contributed by atoms with van der Waals surface area (Å²) in [7, 11) is 0. The fourth-order valence-electron chi connectivity index (χ4n) is 1.19. The van der Waals surface area contributed by atoms with Crippen LogP contribution in [0.2, 0.25) is 0 Å². The Hall–Kier alpha value is -0.610. The van der Waals surface area contributed by atoms with E-state index in [-0.39, 0.29) is 6.10 Å². The SMILES string of the molecule is CC(C)(O)C1CN(C=O)CCO1. The summed E-state index contributed by atoms with van der Waals surface area (Å²) in [4.78, 5) is 12.0. The van der Waals surface area contributed by atoms with E-state index in [0.717, 1.165) is 6.41 Å². The van der Waals surface area contributed by atoms with Crippen LogP contribution in [-0.2, 0) is 9.53 Å². The highest BCUT2D eigenvalue weighted by Gasteiger charge is 2.31. The van der Waals surface area contributed by atoms with Crippen LogP contribution in [0.5, 0.6) is 0 Å². The van der Waals surface area contributed by atoms with Gasteiger partial charge in [0.25, 0.3) is 0 Å². The van der Waals surface area contributed by atoms with E-state index in [1.54, 1.807) is 18.7 Å². The van der Waals surface area contributed by atoms with Crippen molar-refractivity contribution in [3.8, 4) is 0 Å². The predicted octanol–water partition coefficient (Wildman–Crippen LogP) is -0.386. The number of aliphatic hydroxyl groups is 1. The fourth-order valence-corrected chi connectivity index (χ4v) is 1.19. The molecule has 1 aliphatic heterocycles. The van der Waals surface area contributed by atoms with E-state index in [0.29, 0.717) is 19.7 Å². The number of carbonyl (C=O) groups is 1. The van der Waals surface area contributed by atoms with Gasteiger partial charge in [0.15, 0.2) is 0 Å². The second kappa shape index (κ2) is 3.41. The van der Waals surface area contributed by atoms with Crippen LogP contribution in [-0.4, -0.2) is 47.8 Å². The van der Waals surface area contributed by atoms with Gasteiger partial charge in [-0.15, -0.1) is 0 Å². The first-order valence-corrected chi connectivity index (χ1v) is 4.07. The Kier molecular flexibility index (Phi) is 2.69. The van der Waals surface area contributed by atoms with Crippen molar-refractivity contribution < 1.29 is 14.6 Å². The molecule has 0 radical (unpaired) electrons. The molecule has 0 aromatic heterocycles. The maximum atomic E-state index is 10.4. The lowest BCUT2D eigenvalue weighted by atomic mass is 10.0. The summed E-state index contributed by atoms with van der Waals surface area (Å²) in [5.74, 6) is 0. The molecule has 0 spiro atoms. The highest BCUT2D eigenvalue weighted by atomic mass is 16.5. The van der Waals surface area contributed by atoms with Crippen LogP contribution in [0.15, 0.2) is 0 Å². The molecule has 0 aromatic rings. The van der Waals surface area contributed by atoms with Gasteiger partial charge in [-0.05, 0) is 13.8 Å². The molecule has 0 aliphatic carbocycles. The number of morpholine rings is 1. The summed E-state index contributed by atoms with van der Waals surface area (Å²) < 4.78 is 5.32. The van der Waals surface area contributed by atoms with Gasteiger partial charge in [0, 0.05) is 13.1 Å². The molecule has 1 unspecified atom stereocenters. The summed E-state index contributed by atoms with van der Waals surface area (Å²) in [6, 6.07) is 0. The van der Waals surface area contributed by atoms with E-state index in [1.807, 2.05) is 0 Å². The zero-order valence-corrected chi connectivity index (χ0v) is 7.49. The van der Waals surface area contributed by atoms with Crippen LogP contribution >= 0.6 is 0 Å². The van der Waals surface area contributed by atoms with Crippen LogP contribution < -0.4 is 0 Å². The summed E-state index contributed by atoms with van der Waals surface area (Å²) in [6.07, 6.45) is 0.526. The van der Waals surface area contributed by atoms with E-state index in [9.17, 15) is 9.90 Å². The minimum absolute atomic E-state index is 0.267. The molecular formula is C8H15NO3. The van der Waals surface area contributed by atoms with E-state index in [1.165, 1.54) is 0 Å². The highest BCUT2D eigenvalue weighted by molar-refractivity contribution is 5.47. The van der Waals surface area contributed by atoms with Gasteiger partial charge in [-0.3, -0.25) is 4.79 Å². The summed E-state index contributed by atoms with van der Waals surface area (Å²) >= 11 is 0. The normalized spacial score (nSPS) is 25.6. The average Bonchev–Trinajstić information content (AvgIpc) is 2.03. The molecule has 70 valence electrons. The molecule has 1 rings (SSSR count). The van der Waals surface area contributed by atoms with Gasteiger partial charge in [-0.25, -0.2) is 0 Å². The van der Waals surface area contributed by atoms with Gasteiger partial charge in [0.2, 0.25) is 6.41 Å². The van der Waals surface area contributed by atoms with Crippen molar-refractivity contribution in [3.63, 3.8) is 0 Å². The molecule has 0 aromatic carbocycles. The number of hydrogen-bond acceptors (Lipinski definition) is 3. The molecule has 1 amide bonds. The van der Waals surface area contributed by atoms with Crippen molar-refractivity contribution in [1.82, 2.24) is 4.90 Å². The lowest BCUT2D eigenvalue weighted by Crippen LogP contribution is -2.51. The topological polar surface area (TPSA) is 49.8 Å². The van der Waals surface area contributed by atoms with Crippen molar-refractivity contribution in [1.29, 1.82) is 0 Å². The molecular weight excluding hydrogens is 158 g/mol. The zero-order chi connectivity index (χ0) is 9.19. The molecule has 1 atom stereocenters. The molecule has 0 saturated carbocycles. The third-order valence-electron chi connectivity index (χ3n) is 2.03. The Morgan fingerprint density at radius 2 is 2.33 bits per heavy atom. The first kappa shape index (κ1) is 9.48. The average molecular weight is 173 g/mol. The lowest BCUT2D eigenvalue weighted by molar-refractivity contribution is -0.143. The van der Waals surface area contributed by atoms with Gasteiger partial charge >= 0.3 is 0 Å². The maximum absolute atomic E-state index is 10.4. The lowest BCUT2D eigenvalue weighted by Gasteiger charge is -2.36. The standard InChI is InChI=1S/C8H15NO3/c1-8(2,11)7-5-9(6-10)3-4-12-7/h6-7,11H,3-5H2,1-2H3. The second-order valence-corrected chi connectivity index (χ2v) is 3.61. The van der Waals surface area contributed by atoms with E-state index in [2.05, 4.69) is 0 Å². The first-order valence-electron chi connectivity index (χ1n) is 4.07.